The van der Waals surface area contributed by atoms with Crippen molar-refractivity contribution in [2.75, 3.05) is 6.61 Å². The molecule has 0 radical (unpaired) electrons. The molecule has 1 rings (SSSR count). The van der Waals surface area contributed by atoms with Gasteiger partial charge in [-0.05, 0) is 0 Å². The maximum atomic E-state index is 10.4. The van der Waals surface area contributed by atoms with Gasteiger partial charge in [0, 0.05) is 0 Å². The number of hydrogen-bond acceptors (Lipinski definition) is 10. The van der Waals surface area contributed by atoms with E-state index >= 15 is 0 Å². The molecule has 108 valence electrons. The minimum atomic E-state index is -5.30. The number of aliphatic hydroxyl groups is 2. The summed E-state index contributed by atoms with van der Waals surface area (Å²) < 4.78 is 32.8. The van der Waals surface area contributed by atoms with E-state index in [0.29, 0.717) is 0 Å². The number of rotatable bonds is 5. The van der Waals surface area contributed by atoms with Gasteiger partial charge in [0.05, 0.1) is 14.4 Å². The zero-order chi connectivity index (χ0) is 14.1. The van der Waals surface area contributed by atoms with E-state index in [0.717, 1.165) is 0 Å². The number of aliphatic hydroxyl groups excluding tert-OH is 2. The first kappa shape index (κ1) is 33.7. The van der Waals surface area contributed by atoms with E-state index in [1.54, 1.807) is 0 Å². The normalized spacial score (nSPS) is 29.9. The fourth-order valence-corrected chi connectivity index (χ4v) is 2.00. The summed E-state index contributed by atoms with van der Waals surface area (Å²) in [6.07, 6.45) is -7.06. The van der Waals surface area contributed by atoms with Crippen LogP contribution in [0, 0.1) is 0 Å². The molecule has 0 aromatic rings. The average Bonchev–Trinajstić information content (AvgIpc) is 2.40. The number of phosphoric acid groups is 2. The molecule has 0 bridgehead atoms. The van der Waals surface area contributed by atoms with Gasteiger partial charge in [-0.3, -0.25) is 9.09 Å². The molecule has 1 aliphatic heterocycles. The molecule has 1 unspecified atom stereocenters. The maximum Gasteiger partial charge on any atom is 1.00 e. The first-order valence-electron chi connectivity index (χ1n) is 4.40. The number of ether oxygens (including phenoxy) is 1. The predicted octanol–water partition coefficient (Wildman–Crippen LogP) is -16.2. The molecule has 1 saturated heterocycles. The molecular weight excluding hydrogens is 390 g/mol. The molecule has 1 fully saturated rings. The second-order valence-electron chi connectivity index (χ2n) is 3.34. The van der Waals surface area contributed by atoms with Crippen LogP contribution < -0.4 is 133 Å². The van der Waals surface area contributed by atoms with Gasteiger partial charge in [-0.25, -0.2) is 0 Å². The Morgan fingerprint density at radius 3 is 1.82 bits per heavy atom. The first-order valence-corrected chi connectivity index (χ1v) is 7.35. The van der Waals surface area contributed by atoms with Crippen LogP contribution in [0.5, 0.6) is 0 Å². The smallest absolute Gasteiger partial charge is 0.790 e. The minimum absolute atomic E-state index is 0. The Hall–Kier alpha value is 4.10. The zero-order valence-corrected chi connectivity index (χ0v) is 22.3. The Bertz CT molecular complexity index is 387. The fourth-order valence-electron chi connectivity index (χ4n) is 1.24. The third-order valence-corrected chi connectivity index (χ3v) is 2.89. The molecule has 0 aliphatic carbocycles. The van der Waals surface area contributed by atoms with Crippen molar-refractivity contribution in [2.24, 2.45) is 0 Å². The Labute approximate surface area is 214 Å². The Kier molecular flexibility index (Phi) is 21.7. The molecule has 0 aromatic heterocycles. The van der Waals surface area contributed by atoms with Gasteiger partial charge in [0.1, 0.15) is 18.3 Å². The van der Waals surface area contributed by atoms with Crippen LogP contribution in [-0.2, 0) is 22.9 Å². The van der Waals surface area contributed by atoms with E-state index in [2.05, 4.69) is 13.8 Å². The topological polar surface area (TPSA) is 192 Å². The van der Waals surface area contributed by atoms with E-state index in [9.17, 15) is 34.0 Å². The molecule has 22 heavy (non-hydrogen) atoms. The van der Waals surface area contributed by atoms with Crippen molar-refractivity contribution in [3.63, 3.8) is 0 Å². The van der Waals surface area contributed by atoms with Crippen molar-refractivity contribution in [1.29, 1.82) is 0 Å². The standard InChI is InChI=1S/C5H12O11P2.4Na/c6-3-2(1-14-17(8,9)10)15-5(4(3)7)16-18(11,12)13;;;;/h2-7H,1H2,(H2,8,9,10)(H2,11,12,13);;;;/q;4*+1/p-3/t2-,3-,4-,5-;;;;/m1..../s1. The summed E-state index contributed by atoms with van der Waals surface area (Å²) in [5.41, 5.74) is 0. The van der Waals surface area contributed by atoms with E-state index in [-0.39, 0.29) is 118 Å². The van der Waals surface area contributed by atoms with Gasteiger partial charge in [0.2, 0.25) is 0 Å². The van der Waals surface area contributed by atoms with Crippen LogP contribution in [0.2, 0.25) is 0 Å². The number of phosphoric ester groups is 2. The average molecular weight is 399 g/mol. The summed E-state index contributed by atoms with van der Waals surface area (Å²) in [5, 5.41) is 18.6. The van der Waals surface area contributed by atoms with Crippen molar-refractivity contribution >= 4 is 15.6 Å². The third-order valence-electron chi connectivity index (χ3n) is 1.95. The van der Waals surface area contributed by atoms with Crippen molar-refractivity contribution in [1.82, 2.24) is 0 Å². The van der Waals surface area contributed by atoms with Gasteiger partial charge < -0.3 is 43.6 Å². The largest absolute Gasteiger partial charge is 1.00 e. The van der Waals surface area contributed by atoms with Gasteiger partial charge in [0.25, 0.3) is 7.82 Å². The molecule has 3 N–H and O–H groups in total. The molecule has 0 amide bonds. The Morgan fingerprint density at radius 1 is 1.00 bits per heavy atom. The summed E-state index contributed by atoms with van der Waals surface area (Å²) >= 11 is 0. The van der Waals surface area contributed by atoms with E-state index in [1.807, 2.05) is 0 Å². The van der Waals surface area contributed by atoms with Crippen LogP contribution in [0.1, 0.15) is 0 Å². The fraction of sp³-hybridized carbons (Fsp3) is 1.00. The van der Waals surface area contributed by atoms with E-state index in [1.165, 1.54) is 0 Å². The Morgan fingerprint density at radius 2 is 1.45 bits per heavy atom. The van der Waals surface area contributed by atoms with Gasteiger partial charge in [-0.1, -0.05) is 0 Å². The summed E-state index contributed by atoms with van der Waals surface area (Å²) in [6, 6.07) is 0. The molecule has 17 heteroatoms. The van der Waals surface area contributed by atoms with Crippen LogP contribution in [0.25, 0.3) is 0 Å². The molecule has 0 spiro atoms. The summed E-state index contributed by atoms with van der Waals surface area (Å²) in [7, 11) is -10.5. The second kappa shape index (κ2) is 14.1. The van der Waals surface area contributed by atoms with Crippen molar-refractivity contribution < 1.29 is 171 Å². The summed E-state index contributed by atoms with van der Waals surface area (Å²) in [4.78, 5) is 39.1. The van der Waals surface area contributed by atoms with Crippen LogP contribution in [0.3, 0.4) is 0 Å². The first-order chi connectivity index (χ1) is 7.99. The summed E-state index contributed by atoms with van der Waals surface area (Å²) in [5.74, 6) is 0. The second-order valence-corrected chi connectivity index (χ2v) is 5.64. The van der Waals surface area contributed by atoms with Gasteiger partial charge in [-0.15, -0.1) is 0 Å². The monoisotopic (exact) mass is 399 g/mol. The van der Waals surface area contributed by atoms with Gasteiger partial charge >= 0.3 is 118 Å². The molecule has 1 aliphatic rings. The van der Waals surface area contributed by atoms with Gasteiger partial charge in [-0.2, -0.15) is 0 Å². The van der Waals surface area contributed by atoms with Crippen molar-refractivity contribution in [3.8, 4) is 0 Å². The van der Waals surface area contributed by atoms with Crippen LogP contribution in [-0.4, -0.2) is 46.3 Å². The van der Waals surface area contributed by atoms with Crippen LogP contribution >= 0.6 is 15.6 Å². The zero-order valence-electron chi connectivity index (χ0n) is 12.5. The molecular formula is C5H9Na4O11P2+. The maximum absolute atomic E-state index is 10.4. The molecule has 11 nitrogen and oxygen atoms in total. The number of hydrogen-bond donors (Lipinski definition) is 3. The molecule has 1 heterocycles. The van der Waals surface area contributed by atoms with Gasteiger partial charge in [0.15, 0.2) is 6.29 Å². The van der Waals surface area contributed by atoms with Crippen LogP contribution in [0.15, 0.2) is 0 Å². The molecule has 0 aromatic carbocycles. The summed E-state index contributed by atoms with van der Waals surface area (Å²) in [6.45, 7) is -0.934. The molecule has 0 saturated carbocycles. The van der Waals surface area contributed by atoms with Crippen molar-refractivity contribution in [2.45, 2.75) is 24.6 Å². The quantitative estimate of drug-likeness (QED) is 0.294. The van der Waals surface area contributed by atoms with E-state index < -0.39 is 46.9 Å². The van der Waals surface area contributed by atoms with E-state index in [4.69, 9.17) is 4.89 Å². The Balaban J connectivity index is -0.000000405. The minimum Gasteiger partial charge on any atom is -0.790 e. The predicted molar refractivity (Wildman–Crippen MR) is 45.1 cm³/mol. The van der Waals surface area contributed by atoms with Crippen LogP contribution in [0.4, 0.5) is 0 Å². The van der Waals surface area contributed by atoms with Crippen molar-refractivity contribution in [3.05, 3.63) is 0 Å². The SMILES string of the molecule is O=P([O-])([O-])OC[C@H]1O[C@H](OP(=O)([O-])O)[C@H](O)[C@@H]1O.[Na+].[Na+].[Na+].[Na+]. The molecule has 5 atom stereocenters. The third kappa shape index (κ3) is 13.3.